The molecule has 0 saturated carbocycles. The van der Waals surface area contributed by atoms with E-state index >= 15 is 0 Å². The van der Waals surface area contributed by atoms with E-state index in [0.717, 1.165) is 52.0 Å². The van der Waals surface area contributed by atoms with Crippen molar-refractivity contribution in [2.75, 3.05) is 0 Å². The van der Waals surface area contributed by atoms with Gasteiger partial charge in [-0.1, -0.05) is 57.5 Å². The fourth-order valence-corrected chi connectivity index (χ4v) is 3.97. The van der Waals surface area contributed by atoms with Crippen molar-refractivity contribution in [3.8, 4) is 17.2 Å². The molecule has 172 valence electrons. The van der Waals surface area contributed by atoms with E-state index in [2.05, 4.69) is 58.0 Å². The van der Waals surface area contributed by atoms with Crippen LogP contribution in [-0.2, 0) is 25.8 Å². The molecule has 0 aliphatic heterocycles. The fourth-order valence-electron chi connectivity index (χ4n) is 3.97. The van der Waals surface area contributed by atoms with Crippen LogP contribution in [0.1, 0.15) is 76.5 Å². The van der Waals surface area contributed by atoms with Crippen LogP contribution >= 0.6 is 0 Å². The van der Waals surface area contributed by atoms with Crippen LogP contribution < -0.4 is 0 Å². The van der Waals surface area contributed by atoms with Crippen molar-refractivity contribution in [2.45, 2.75) is 86.7 Å². The van der Waals surface area contributed by atoms with Gasteiger partial charge in [0.2, 0.25) is 0 Å². The summed E-state index contributed by atoms with van der Waals surface area (Å²) in [5, 5.41) is 19.6. The van der Waals surface area contributed by atoms with Crippen LogP contribution in [-0.4, -0.2) is 26.6 Å². The lowest BCUT2D eigenvalue weighted by molar-refractivity contribution is 0.0953. The summed E-state index contributed by atoms with van der Waals surface area (Å²) in [6.07, 6.45) is 0.717. The molecule has 0 unspecified atom stereocenters. The number of pyridine rings is 1. The maximum Gasteiger partial charge on any atom is 0.408 e. The molecule has 1 aromatic heterocycles. The van der Waals surface area contributed by atoms with Crippen LogP contribution in [0.4, 0.5) is 4.79 Å². The highest BCUT2D eigenvalue weighted by Gasteiger charge is 2.31. The van der Waals surface area contributed by atoms with Gasteiger partial charge >= 0.3 is 6.09 Å². The van der Waals surface area contributed by atoms with Crippen molar-refractivity contribution in [1.29, 1.82) is 5.26 Å². The summed E-state index contributed by atoms with van der Waals surface area (Å²) < 4.78 is 0. The SMILES string of the molecule is CCc1nc(CC(C)(C)C)c(CN(C(=O)O)C(C)(C)C)c(-c2ccc(C)cc2)c1CC#N. The van der Waals surface area contributed by atoms with E-state index in [4.69, 9.17) is 4.98 Å². The molecule has 2 rings (SSSR count). The predicted octanol–water partition coefficient (Wildman–Crippen LogP) is 6.55. The predicted molar refractivity (Wildman–Crippen MR) is 130 cm³/mol. The second kappa shape index (κ2) is 9.73. The number of carboxylic acid groups (broad SMARTS) is 1. The highest BCUT2D eigenvalue weighted by atomic mass is 16.4. The molecule has 0 saturated heterocycles. The number of nitrogens with zero attached hydrogens (tertiary/aromatic N) is 3. The molecular weight excluding hydrogens is 398 g/mol. The van der Waals surface area contributed by atoms with Crippen LogP contribution in [0.3, 0.4) is 0 Å². The Hall–Kier alpha value is -2.87. The van der Waals surface area contributed by atoms with Crippen LogP contribution in [0.15, 0.2) is 24.3 Å². The Morgan fingerprint density at radius 3 is 2.09 bits per heavy atom. The Morgan fingerprint density at radius 2 is 1.66 bits per heavy atom. The van der Waals surface area contributed by atoms with Gasteiger partial charge in [-0.25, -0.2) is 4.79 Å². The minimum atomic E-state index is -0.963. The number of hydrogen-bond acceptors (Lipinski definition) is 3. The van der Waals surface area contributed by atoms with Crippen molar-refractivity contribution in [3.63, 3.8) is 0 Å². The minimum absolute atomic E-state index is 0.0240. The first-order valence-electron chi connectivity index (χ1n) is 11.3. The third-order valence-electron chi connectivity index (χ3n) is 5.56. The number of amides is 1. The van der Waals surface area contributed by atoms with Gasteiger partial charge in [-0.05, 0) is 62.6 Å². The maximum absolute atomic E-state index is 12.2. The molecule has 0 bridgehead atoms. The molecule has 0 aliphatic carbocycles. The average Bonchev–Trinajstić information content (AvgIpc) is 2.66. The summed E-state index contributed by atoms with van der Waals surface area (Å²) in [5.74, 6) is 0. The molecule has 32 heavy (non-hydrogen) atoms. The normalized spacial score (nSPS) is 11.8. The molecule has 0 radical (unpaired) electrons. The third-order valence-corrected chi connectivity index (χ3v) is 5.56. The van der Waals surface area contributed by atoms with E-state index in [1.54, 1.807) is 0 Å². The van der Waals surface area contributed by atoms with Gasteiger partial charge < -0.3 is 5.11 Å². The van der Waals surface area contributed by atoms with Crippen LogP contribution in [0.5, 0.6) is 0 Å². The molecule has 0 atom stereocenters. The van der Waals surface area contributed by atoms with Gasteiger partial charge in [0.05, 0.1) is 19.0 Å². The van der Waals surface area contributed by atoms with Crippen molar-refractivity contribution in [3.05, 3.63) is 52.3 Å². The Kier molecular flexibility index (Phi) is 7.72. The summed E-state index contributed by atoms with van der Waals surface area (Å²) in [4.78, 5) is 18.7. The number of carbonyl (C=O) groups is 1. The molecule has 1 aromatic carbocycles. The Morgan fingerprint density at radius 1 is 1.06 bits per heavy atom. The number of aryl methyl sites for hydroxylation is 2. The lowest BCUT2D eigenvalue weighted by Gasteiger charge is -2.35. The summed E-state index contributed by atoms with van der Waals surface area (Å²) in [5.41, 5.74) is 6.17. The van der Waals surface area contributed by atoms with E-state index < -0.39 is 11.6 Å². The van der Waals surface area contributed by atoms with E-state index in [0.29, 0.717) is 0 Å². The quantitative estimate of drug-likeness (QED) is 0.558. The molecule has 1 heterocycles. The second-order valence-electron chi connectivity index (χ2n) is 10.7. The smallest absolute Gasteiger partial charge is 0.408 e. The van der Waals surface area contributed by atoms with Gasteiger partial charge in [0.15, 0.2) is 0 Å². The Labute approximate surface area is 193 Å². The molecular formula is C27H37N3O2. The molecule has 1 N–H and O–H groups in total. The molecule has 2 aromatic rings. The number of aromatic nitrogens is 1. The largest absolute Gasteiger partial charge is 0.465 e. The summed E-state index contributed by atoms with van der Waals surface area (Å²) in [6, 6.07) is 10.6. The first-order chi connectivity index (χ1) is 14.8. The van der Waals surface area contributed by atoms with Gasteiger partial charge in [0, 0.05) is 22.5 Å². The molecule has 5 nitrogen and oxygen atoms in total. The molecule has 0 spiro atoms. The summed E-state index contributed by atoms with van der Waals surface area (Å²) in [7, 11) is 0. The van der Waals surface area contributed by atoms with E-state index in [-0.39, 0.29) is 18.4 Å². The molecule has 0 fully saturated rings. The first-order valence-corrected chi connectivity index (χ1v) is 11.3. The van der Waals surface area contributed by atoms with E-state index in [1.165, 1.54) is 4.90 Å². The highest BCUT2D eigenvalue weighted by molar-refractivity contribution is 5.75. The molecule has 0 aliphatic rings. The van der Waals surface area contributed by atoms with Gasteiger partial charge in [-0.2, -0.15) is 5.26 Å². The zero-order valence-corrected chi connectivity index (χ0v) is 20.8. The second-order valence-corrected chi connectivity index (χ2v) is 10.7. The number of benzene rings is 1. The number of nitriles is 1. The van der Waals surface area contributed by atoms with E-state index in [9.17, 15) is 15.2 Å². The van der Waals surface area contributed by atoms with Crippen LogP contribution in [0.2, 0.25) is 0 Å². The van der Waals surface area contributed by atoms with Gasteiger partial charge in [0.25, 0.3) is 0 Å². The van der Waals surface area contributed by atoms with Crippen LogP contribution in [0.25, 0.3) is 11.1 Å². The minimum Gasteiger partial charge on any atom is -0.465 e. The maximum atomic E-state index is 12.2. The zero-order valence-electron chi connectivity index (χ0n) is 20.8. The van der Waals surface area contributed by atoms with Gasteiger partial charge in [-0.3, -0.25) is 9.88 Å². The molecule has 1 amide bonds. The Balaban J connectivity index is 2.94. The van der Waals surface area contributed by atoms with Gasteiger partial charge in [0.1, 0.15) is 0 Å². The number of rotatable bonds is 6. The van der Waals surface area contributed by atoms with Crippen molar-refractivity contribution >= 4 is 6.09 Å². The van der Waals surface area contributed by atoms with Crippen molar-refractivity contribution < 1.29 is 9.90 Å². The Bertz CT molecular complexity index is 1000. The monoisotopic (exact) mass is 435 g/mol. The average molecular weight is 436 g/mol. The fraction of sp³-hybridized carbons (Fsp3) is 0.519. The van der Waals surface area contributed by atoms with E-state index in [1.807, 2.05) is 27.7 Å². The summed E-state index contributed by atoms with van der Waals surface area (Å²) >= 11 is 0. The lowest BCUT2D eigenvalue weighted by Crippen LogP contribution is -2.44. The first kappa shape index (κ1) is 25.4. The molecule has 5 heteroatoms. The number of hydrogen-bond donors (Lipinski definition) is 1. The summed E-state index contributed by atoms with van der Waals surface area (Å²) in [6.45, 7) is 16.5. The zero-order chi connectivity index (χ0) is 24.3. The topological polar surface area (TPSA) is 77.2 Å². The standard InChI is InChI=1S/C27H37N3O2/c1-9-22-20(14-15-28)24(19-12-10-18(2)11-13-19)21(23(29-22)16-26(3,4)5)17-30(25(31)32)27(6,7)8/h10-13H,9,14,16-17H2,1-8H3,(H,31,32). The lowest BCUT2D eigenvalue weighted by atomic mass is 9.83. The van der Waals surface area contributed by atoms with Crippen LogP contribution in [0, 0.1) is 23.7 Å². The highest BCUT2D eigenvalue weighted by Crippen LogP contribution is 2.36. The van der Waals surface area contributed by atoms with Crippen molar-refractivity contribution in [2.24, 2.45) is 5.41 Å². The van der Waals surface area contributed by atoms with Gasteiger partial charge in [-0.15, -0.1) is 0 Å². The van der Waals surface area contributed by atoms with Crippen molar-refractivity contribution in [1.82, 2.24) is 9.88 Å². The third kappa shape index (κ3) is 6.09.